The number of rotatable bonds is 2. The molecule has 0 aromatic heterocycles. The maximum absolute atomic E-state index is 11.5. The summed E-state index contributed by atoms with van der Waals surface area (Å²) in [4.78, 5) is 13.3. The molecule has 0 unspecified atom stereocenters. The van der Waals surface area contributed by atoms with Crippen LogP contribution in [0.1, 0.15) is 25.8 Å². The van der Waals surface area contributed by atoms with Gasteiger partial charge in [-0.1, -0.05) is 25.1 Å². The highest BCUT2D eigenvalue weighted by Gasteiger charge is 2.34. The van der Waals surface area contributed by atoms with Crippen LogP contribution in [0.4, 0.5) is 0 Å². The van der Waals surface area contributed by atoms with Gasteiger partial charge in [-0.2, -0.15) is 0 Å². The minimum Gasteiger partial charge on any atom is -0.744 e. The van der Waals surface area contributed by atoms with E-state index in [-0.39, 0.29) is 12.3 Å². The number of nitrogens with two attached hydrogens (primary N) is 1. The molecule has 0 bridgehead atoms. The summed E-state index contributed by atoms with van der Waals surface area (Å²) in [6, 6.07) is 5.78. The monoisotopic (exact) mass is 342 g/mol. The molecule has 1 aromatic carbocycles. The Balaban J connectivity index is 0.000000220. The molecule has 7 heteroatoms. The van der Waals surface area contributed by atoms with Crippen LogP contribution in [0.5, 0.6) is 0 Å². The van der Waals surface area contributed by atoms with Gasteiger partial charge in [0.05, 0.1) is 31.1 Å². The van der Waals surface area contributed by atoms with E-state index in [1.165, 1.54) is 12.1 Å². The zero-order valence-electron chi connectivity index (χ0n) is 12.7. The molecule has 0 atom stereocenters. The number of quaternary nitrogens is 1. The minimum absolute atomic E-state index is 0. The fraction of sp³-hybridized carbons (Fsp3) is 0.562. The van der Waals surface area contributed by atoms with Gasteiger partial charge in [0.25, 0.3) is 0 Å². The predicted octanol–water partition coefficient (Wildman–Crippen LogP) is 0.337. The Bertz CT molecular complexity index is 603. The summed E-state index contributed by atoms with van der Waals surface area (Å²) < 4.78 is 31.2. The number of amides is 1. The maximum atomic E-state index is 11.5. The van der Waals surface area contributed by atoms with Crippen molar-refractivity contribution in [3.05, 3.63) is 29.8 Å². The van der Waals surface area contributed by atoms with Crippen LogP contribution < -0.4 is 5.32 Å². The standard InChI is InChI=1S/C8H14N2O.C7H8O3S.CH4/c11-8(7-1-2-7)10-5-3-9-4-6-10;1-6-2-4-7(5-3-6)11(8,9)10;/h7,9H,1-6H2;2-5H,1H3,(H,8,9,10);1H4. The summed E-state index contributed by atoms with van der Waals surface area (Å²) in [5, 5.41) is 2.27. The Morgan fingerprint density at radius 3 is 2.13 bits per heavy atom. The molecule has 2 aliphatic rings. The van der Waals surface area contributed by atoms with Crippen LogP contribution in [0.25, 0.3) is 0 Å². The van der Waals surface area contributed by atoms with E-state index in [1.807, 2.05) is 11.8 Å². The lowest BCUT2D eigenvalue weighted by atomic mass is 10.2. The first-order valence-corrected chi connectivity index (χ1v) is 8.92. The highest BCUT2D eigenvalue weighted by atomic mass is 32.2. The van der Waals surface area contributed by atoms with Gasteiger partial charge in [-0.15, -0.1) is 0 Å². The number of hydrogen-bond donors (Lipinski definition) is 1. The summed E-state index contributed by atoms with van der Waals surface area (Å²) in [5.74, 6) is 0.825. The summed E-state index contributed by atoms with van der Waals surface area (Å²) in [5.41, 5.74) is 0.928. The fourth-order valence-corrected chi connectivity index (χ4v) is 2.73. The van der Waals surface area contributed by atoms with Gasteiger partial charge in [-0.05, 0) is 31.9 Å². The Morgan fingerprint density at radius 2 is 1.70 bits per heavy atom. The van der Waals surface area contributed by atoms with Crippen molar-refractivity contribution in [3.8, 4) is 0 Å². The van der Waals surface area contributed by atoms with E-state index in [2.05, 4.69) is 5.32 Å². The third kappa shape index (κ3) is 6.29. The van der Waals surface area contributed by atoms with Gasteiger partial charge >= 0.3 is 0 Å². The summed E-state index contributed by atoms with van der Waals surface area (Å²) >= 11 is 0. The van der Waals surface area contributed by atoms with Gasteiger partial charge in [0.2, 0.25) is 5.91 Å². The molecule has 1 saturated carbocycles. The van der Waals surface area contributed by atoms with E-state index in [0.29, 0.717) is 11.8 Å². The second-order valence-corrected chi connectivity index (χ2v) is 7.11. The van der Waals surface area contributed by atoms with Gasteiger partial charge < -0.3 is 14.8 Å². The fourth-order valence-electron chi connectivity index (χ4n) is 2.26. The molecule has 2 N–H and O–H groups in total. The topological polar surface area (TPSA) is 94.1 Å². The SMILES string of the molecule is C.Cc1ccc(S(=O)(=O)[O-])cc1.O=C(C1CC1)N1CC[NH2+]CC1. The van der Waals surface area contributed by atoms with E-state index < -0.39 is 10.1 Å². The molecular formula is C16H26N2O4S. The molecule has 0 spiro atoms. The van der Waals surface area contributed by atoms with Crippen molar-refractivity contribution in [2.45, 2.75) is 32.1 Å². The molecule has 3 rings (SSSR count). The minimum atomic E-state index is -4.27. The summed E-state index contributed by atoms with van der Waals surface area (Å²) in [7, 11) is -4.27. The van der Waals surface area contributed by atoms with Crippen LogP contribution in [-0.2, 0) is 14.9 Å². The highest BCUT2D eigenvalue weighted by molar-refractivity contribution is 7.85. The summed E-state index contributed by atoms with van der Waals surface area (Å²) in [6.07, 6.45) is 2.28. The first-order chi connectivity index (χ1) is 10.4. The normalized spacial score (nSPS) is 17.6. The molecule has 6 nitrogen and oxygen atoms in total. The quantitative estimate of drug-likeness (QED) is 0.784. The number of carbonyl (C=O) groups is 1. The number of carbonyl (C=O) groups excluding carboxylic acids is 1. The van der Waals surface area contributed by atoms with Crippen molar-refractivity contribution in [2.24, 2.45) is 5.92 Å². The molecule has 1 saturated heterocycles. The third-order valence-electron chi connectivity index (χ3n) is 3.75. The molecule has 1 aromatic rings. The van der Waals surface area contributed by atoms with Crippen LogP contribution in [0.2, 0.25) is 0 Å². The van der Waals surface area contributed by atoms with Crippen LogP contribution >= 0.6 is 0 Å². The van der Waals surface area contributed by atoms with E-state index in [4.69, 9.17) is 0 Å². The average Bonchev–Trinajstić information content (AvgIpc) is 3.32. The zero-order chi connectivity index (χ0) is 16.2. The number of benzene rings is 1. The molecule has 0 radical (unpaired) electrons. The van der Waals surface area contributed by atoms with Crippen LogP contribution in [0.3, 0.4) is 0 Å². The van der Waals surface area contributed by atoms with Gasteiger partial charge in [-0.25, -0.2) is 8.42 Å². The second-order valence-electron chi connectivity index (χ2n) is 5.73. The van der Waals surface area contributed by atoms with Gasteiger partial charge in [0.15, 0.2) is 0 Å². The Hall–Kier alpha value is -1.44. The second kappa shape index (κ2) is 8.42. The van der Waals surface area contributed by atoms with Crippen LogP contribution in [-0.4, -0.2) is 50.0 Å². The van der Waals surface area contributed by atoms with Crippen molar-refractivity contribution in [1.29, 1.82) is 0 Å². The molecular weight excluding hydrogens is 316 g/mol. The van der Waals surface area contributed by atoms with Crippen molar-refractivity contribution < 1.29 is 23.1 Å². The Labute approximate surface area is 138 Å². The van der Waals surface area contributed by atoms with Crippen LogP contribution in [0, 0.1) is 12.8 Å². The molecule has 23 heavy (non-hydrogen) atoms. The molecule has 2 fully saturated rings. The first-order valence-electron chi connectivity index (χ1n) is 7.51. The van der Waals surface area contributed by atoms with Crippen molar-refractivity contribution in [3.63, 3.8) is 0 Å². The van der Waals surface area contributed by atoms with E-state index >= 15 is 0 Å². The van der Waals surface area contributed by atoms with Crippen molar-refractivity contribution >= 4 is 16.0 Å². The largest absolute Gasteiger partial charge is 0.744 e. The van der Waals surface area contributed by atoms with Crippen molar-refractivity contribution in [1.82, 2.24) is 4.90 Å². The van der Waals surface area contributed by atoms with Gasteiger partial charge in [0, 0.05) is 5.92 Å². The third-order valence-corrected chi connectivity index (χ3v) is 4.60. The van der Waals surface area contributed by atoms with Gasteiger partial charge in [-0.3, -0.25) is 4.79 Å². The average molecular weight is 342 g/mol. The van der Waals surface area contributed by atoms with Gasteiger partial charge in [0.1, 0.15) is 10.1 Å². The lowest BCUT2D eigenvalue weighted by Crippen LogP contribution is -2.90. The van der Waals surface area contributed by atoms with E-state index in [1.54, 1.807) is 12.1 Å². The molecule has 1 aliphatic carbocycles. The first kappa shape index (κ1) is 19.6. The lowest BCUT2D eigenvalue weighted by Gasteiger charge is -2.25. The smallest absolute Gasteiger partial charge is 0.226 e. The number of hydrogen-bond acceptors (Lipinski definition) is 4. The lowest BCUT2D eigenvalue weighted by molar-refractivity contribution is -0.662. The maximum Gasteiger partial charge on any atom is 0.226 e. The summed E-state index contributed by atoms with van der Waals surface area (Å²) in [6.45, 7) is 5.95. The molecule has 1 heterocycles. The highest BCUT2D eigenvalue weighted by Crippen LogP contribution is 2.30. The number of aryl methyl sites for hydroxylation is 1. The molecule has 1 aliphatic heterocycles. The van der Waals surface area contributed by atoms with E-state index in [9.17, 15) is 17.8 Å². The zero-order valence-corrected chi connectivity index (χ0v) is 13.5. The van der Waals surface area contributed by atoms with Crippen molar-refractivity contribution in [2.75, 3.05) is 26.2 Å². The number of nitrogens with zero attached hydrogens (tertiary/aromatic N) is 1. The van der Waals surface area contributed by atoms with E-state index in [0.717, 1.165) is 44.6 Å². The Kier molecular flexibility index (Phi) is 7.18. The Morgan fingerprint density at radius 1 is 1.17 bits per heavy atom. The molecule has 130 valence electrons. The molecule has 1 amide bonds. The van der Waals surface area contributed by atoms with Crippen LogP contribution in [0.15, 0.2) is 29.2 Å². The number of piperazine rings is 1. The predicted molar refractivity (Wildman–Crippen MR) is 86.8 cm³/mol.